The number of carbonyl (C=O) groups excluding carboxylic acids is 1. The van der Waals surface area contributed by atoms with Crippen LogP contribution in [0, 0.1) is 17.1 Å². The van der Waals surface area contributed by atoms with E-state index >= 15 is 0 Å². The van der Waals surface area contributed by atoms with Gasteiger partial charge in [0, 0.05) is 4.88 Å². The summed E-state index contributed by atoms with van der Waals surface area (Å²) < 4.78 is 13.1. The van der Waals surface area contributed by atoms with Crippen LogP contribution in [0.4, 0.5) is 4.39 Å². The van der Waals surface area contributed by atoms with Crippen LogP contribution in [0.25, 0.3) is 10.4 Å². The molecule has 1 aromatic heterocycles. The molecule has 2 nitrogen and oxygen atoms in total. The van der Waals surface area contributed by atoms with E-state index in [1.165, 1.54) is 23.5 Å². The van der Waals surface area contributed by atoms with Crippen LogP contribution in [0.2, 0.25) is 0 Å². The SMILES string of the molecule is N#Cc1cc(-c2ccc(C=O)s2)ccc1F. The van der Waals surface area contributed by atoms with Gasteiger partial charge in [0.05, 0.1) is 10.4 Å². The molecule has 0 aliphatic carbocycles. The van der Waals surface area contributed by atoms with Crippen molar-refractivity contribution in [3.63, 3.8) is 0 Å². The van der Waals surface area contributed by atoms with E-state index in [1.807, 2.05) is 0 Å². The van der Waals surface area contributed by atoms with E-state index in [-0.39, 0.29) is 5.56 Å². The zero-order chi connectivity index (χ0) is 11.5. The Morgan fingerprint density at radius 3 is 2.75 bits per heavy atom. The average Bonchev–Trinajstić information content (AvgIpc) is 2.78. The summed E-state index contributed by atoms with van der Waals surface area (Å²) in [6.07, 6.45) is 0.767. The lowest BCUT2D eigenvalue weighted by molar-refractivity contribution is 0.112. The molecule has 0 aliphatic rings. The van der Waals surface area contributed by atoms with Crippen LogP contribution < -0.4 is 0 Å². The molecule has 0 aliphatic heterocycles. The summed E-state index contributed by atoms with van der Waals surface area (Å²) in [4.78, 5) is 12.0. The molecular weight excluding hydrogens is 225 g/mol. The van der Waals surface area contributed by atoms with E-state index in [0.717, 1.165) is 16.7 Å². The maximum absolute atomic E-state index is 13.1. The Morgan fingerprint density at radius 2 is 2.12 bits per heavy atom. The second-order valence-electron chi connectivity index (χ2n) is 3.13. The van der Waals surface area contributed by atoms with Crippen molar-refractivity contribution in [2.75, 3.05) is 0 Å². The molecule has 16 heavy (non-hydrogen) atoms. The monoisotopic (exact) mass is 231 g/mol. The largest absolute Gasteiger partial charge is 0.297 e. The molecule has 0 atom stereocenters. The van der Waals surface area contributed by atoms with Gasteiger partial charge >= 0.3 is 0 Å². The van der Waals surface area contributed by atoms with Gasteiger partial charge in [0.15, 0.2) is 6.29 Å². The Labute approximate surface area is 95.6 Å². The highest BCUT2D eigenvalue weighted by molar-refractivity contribution is 7.17. The number of carbonyl (C=O) groups is 1. The molecule has 0 saturated carbocycles. The lowest BCUT2D eigenvalue weighted by atomic mass is 10.1. The number of benzene rings is 1. The normalized spacial score (nSPS) is 9.75. The van der Waals surface area contributed by atoms with Crippen LogP contribution >= 0.6 is 11.3 Å². The molecule has 0 bridgehead atoms. The Balaban J connectivity index is 2.48. The van der Waals surface area contributed by atoms with Crippen LogP contribution in [0.3, 0.4) is 0 Å². The first-order chi connectivity index (χ1) is 7.74. The standard InChI is InChI=1S/C12H6FNOS/c13-11-3-1-8(5-9(11)6-14)12-4-2-10(7-15)16-12/h1-5,7H. The lowest BCUT2D eigenvalue weighted by Gasteiger charge is -1.98. The van der Waals surface area contributed by atoms with E-state index in [4.69, 9.17) is 5.26 Å². The molecule has 0 fully saturated rings. The van der Waals surface area contributed by atoms with Crippen LogP contribution in [0.1, 0.15) is 15.2 Å². The fourth-order valence-corrected chi connectivity index (χ4v) is 2.15. The smallest absolute Gasteiger partial charge is 0.160 e. The number of rotatable bonds is 2. The summed E-state index contributed by atoms with van der Waals surface area (Å²) in [6, 6.07) is 9.60. The van der Waals surface area contributed by atoms with Gasteiger partial charge in [-0.3, -0.25) is 4.79 Å². The molecule has 0 N–H and O–H groups in total. The first-order valence-corrected chi connectivity index (χ1v) is 5.31. The van der Waals surface area contributed by atoms with Gasteiger partial charge < -0.3 is 0 Å². The van der Waals surface area contributed by atoms with Crippen molar-refractivity contribution in [2.24, 2.45) is 0 Å². The molecular formula is C12H6FNOS. The van der Waals surface area contributed by atoms with Crippen LogP contribution in [0.5, 0.6) is 0 Å². The molecule has 0 radical (unpaired) electrons. The maximum Gasteiger partial charge on any atom is 0.160 e. The third-order valence-corrected chi connectivity index (χ3v) is 3.17. The average molecular weight is 231 g/mol. The minimum Gasteiger partial charge on any atom is -0.297 e. The number of halogens is 1. The van der Waals surface area contributed by atoms with Crippen molar-refractivity contribution in [3.8, 4) is 16.5 Å². The third-order valence-electron chi connectivity index (χ3n) is 2.11. The first-order valence-electron chi connectivity index (χ1n) is 4.49. The van der Waals surface area contributed by atoms with Crippen molar-refractivity contribution < 1.29 is 9.18 Å². The summed E-state index contributed by atoms with van der Waals surface area (Å²) in [5.74, 6) is -0.529. The van der Waals surface area contributed by atoms with E-state index in [2.05, 4.69) is 0 Å². The van der Waals surface area contributed by atoms with Gasteiger partial charge in [-0.15, -0.1) is 11.3 Å². The number of nitrogens with zero attached hydrogens (tertiary/aromatic N) is 1. The van der Waals surface area contributed by atoms with Gasteiger partial charge in [-0.2, -0.15) is 5.26 Å². The highest BCUT2D eigenvalue weighted by atomic mass is 32.1. The molecule has 1 heterocycles. The fourth-order valence-electron chi connectivity index (χ4n) is 1.34. The van der Waals surface area contributed by atoms with Crippen molar-refractivity contribution in [3.05, 3.63) is 46.6 Å². The third kappa shape index (κ3) is 1.86. The van der Waals surface area contributed by atoms with E-state index < -0.39 is 5.82 Å². The molecule has 4 heteroatoms. The zero-order valence-electron chi connectivity index (χ0n) is 8.11. The molecule has 1 aromatic carbocycles. The summed E-state index contributed by atoms with van der Waals surface area (Å²) in [5, 5.41) is 8.70. The molecule has 2 rings (SSSR count). The highest BCUT2D eigenvalue weighted by Crippen LogP contribution is 2.28. The maximum atomic E-state index is 13.1. The highest BCUT2D eigenvalue weighted by Gasteiger charge is 2.06. The molecule has 2 aromatic rings. The van der Waals surface area contributed by atoms with Crippen molar-refractivity contribution >= 4 is 17.6 Å². The van der Waals surface area contributed by atoms with Crippen LogP contribution in [-0.4, -0.2) is 6.29 Å². The number of thiophene rings is 1. The Hall–Kier alpha value is -1.99. The predicted octanol–water partition coefficient (Wildman–Crippen LogP) is 3.24. The Bertz CT molecular complexity index is 583. The molecule has 0 amide bonds. The zero-order valence-corrected chi connectivity index (χ0v) is 8.92. The van der Waals surface area contributed by atoms with Crippen LogP contribution in [-0.2, 0) is 0 Å². The predicted molar refractivity (Wildman–Crippen MR) is 59.8 cm³/mol. The number of hydrogen-bond donors (Lipinski definition) is 0. The van der Waals surface area contributed by atoms with Gasteiger partial charge in [0.1, 0.15) is 11.9 Å². The van der Waals surface area contributed by atoms with Crippen molar-refractivity contribution in [1.82, 2.24) is 0 Å². The number of aldehydes is 1. The first kappa shape index (κ1) is 10.5. The second kappa shape index (κ2) is 4.25. The summed E-state index contributed by atoms with van der Waals surface area (Å²) in [5.41, 5.74) is 0.759. The van der Waals surface area contributed by atoms with Gasteiger partial charge in [-0.05, 0) is 29.8 Å². The Kier molecular flexibility index (Phi) is 2.80. The van der Waals surface area contributed by atoms with Gasteiger partial charge in [0.2, 0.25) is 0 Å². The van der Waals surface area contributed by atoms with Crippen molar-refractivity contribution in [1.29, 1.82) is 5.26 Å². The number of hydrogen-bond acceptors (Lipinski definition) is 3. The lowest BCUT2D eigenvalue weighted by Crippen LogP contribution is -1.83. The topological polar surface area (TPSA) is 40.9 Å². The second-order valence-corrected chi connectivity index (χ2v) is 4.24. The van der Waals surface area contributed by atoms with Gasteiger partial charge in [-0.1, -0.05) is 6.07 Å². The summed E-state index contributed by atoms with van der Waals surface area (Å²) >= 11 is 1.31. The number of nitriles is 1. The minimum atomic E-state index is -0.529. The van der Waals surface area contributed by atoms with E-state index in [9.17, 15) is 9.18 Å². The van der Waals surface area contributed by atoms with Crippen molar-refractivity contribution in [2.45, 2.75) is 0 Å². The minimum absolute atomic E-state index is 0.0125. The van der Waals surface area contributed by atoms with Gasteiger partial charge in [0.25, 0.3) is 0 Å². The van der Waals surface area contributed by atoms with Crippen LogP contribution in [0.15, 0.2) is 30.3 Å². The molecule has 0 unspecified atom stereocenters. The van der Waals surface area contributed by atoms with Gasteiger partial charge in [-0.25, -0.2) is 4.39 Å². The molecule has 78 valence electrons. The van der Waals surface area contributed by atoms with E-state index in [0.29, 0.717) is 4.88 Å². The summed E-state index contributed by atoms with van der Waals surface area (Å²) in [7, 11) is 0. The van der Waals surface area contributed by atoms with E-state index in [1.54, 1.807) is 24.3 Å². The Morgan fingerprint density at radius 1 is 1.31 bits per heavy atom. The fraction of sp³-hybridized carbons (Fsp3) is 0. The quantitative estimate of drug-likeness (QED) is 0.744. The molecule has 0 spiro atoms. The summed E-state index contributed by atoms with van der Waals surface area (Å²) in [6.45, 7) is 0. The molecule has 0 saturated heterocycles.